The lowest BCUT2D eigenvalue weighted by molar-refractivity contribution is -0.384. The monoisotopic (exact) mass is 280 g/mol. The number of aryl methyl sites for hydroxylation is 1. The van der Waals surface area contributed by atoms with E-state index in [2.05, 4.69) is 0 Å². The van der Waals surface area contributed by atoms with Crippen LogP contribution in [0.3, 0.4) is 0 Å². The summed E-state index contributed by atoms with van der Waals surface area (Å²) in [6.07, 6.45) is -0.106. The number of carboxylic acid groups (broad SMARTS) is 1. The van der Waals surface area contributed by atoms with Crippen LogP contribution in [0, 0.1) is 17.0 Å². The molecule has 7 nitrogen and oxygen atoms in total. The average molecular weight is 280 g/mol. The molecule has 1 saturated heterocycles. The van der Waals surface area contributed by atoms with Crippen LogP contribution in [0.2, 0.25) is 0 Å². The number of para-hydroxylation sites is 1. The van der Waals surface area contributed by atoms with Crippen molar-refractivity contribution in [2.75, 3.05) is 24.7 Å². The summed E-state index contributed by atoms with van der Waals surface area (Å²) >= 11 is 0. The molecule has 1 aromatic carbocycles. The molecule has 0 bridgehead atoms. The summed E-state index contributed by atoms with van der Waals surface area (Å²) in [6.45, 7) is 2.93. The molecule has 1 aliphatic rings. The molecule has 1 unspecified atom stereocenters. The van der Waals surface area contributed by atoms with Crippen molar-refractivity contribution in [1.82, 2.24) is 0 Å². The molecular weight excluding hydrogens is 264 g/mol. The number of carbonyl (C=O) groups is 1. The van der Waals surface area contributed by atoms with E-state index in [1.165, 1.54) is 6.07 Å². The van der Waals surface area contributed by atoms with Crippen LogP contribution in [0.1, 0.15) is 12.0 Å². The van der Waals surface area contributed by atoms with Crippen LogP contribution in [0.15, 0.2) is 18.2 Å². The highest BCUT2D eigenvalue weighted by Gasteiger charge is 2.31. The minimum absolute atomic E-state index is 0.00212. The quantitative estimate of drug-likeness (QED) is 0.665. The van der Waals surface area contributed by atoms with Gasteiger partial charge in [-0.25, -0.2) is 0 Å². The number of benzene rings is 1. The molecule has 7 heteroatoms. The molecule has 108 valence electrons. The largest absolute Gasteiger partial charge is 0.481 e. The molecule has 0 amide bonds. The minimum Gasteiger partial charge on any atom is -0.481 e. The van der Waals surface area contributed by atoms with Crippen molar-refractivity contribution in [3.63, 3.8) is 0 Å². The van der Waals surface area contributed by atoms with E-state index in [1.807, 2.05) is 0 Å². The second-order valence-electron chi connectivity index (χ2n) is 4.72. The van der Waals surface area contributed by atoms with Gasteiger partial charge in [-0.05, 0) is 12.5 Å². The molecule has 1 aliphatic heterocycles. The number of nitrogens with zero attached hydrogens (tertiary/aromatic N) is 2. The molecule has 0 spiro atoms. The first kappa shape index (κ1) is 14.3. The summed E-state index contributed by atoms with van der Waals surface area (Å²) < 4.78 is 5.30. The van der Waals surface area contributed by atoms with Gasteiger partial charge in [-0.2, -0.15) is 0 Å². The highest BCUT2D eigenvalue weighted by atomic mass is 16.6. The number of carboxylic acids is 1. The van der Waals surface area contributed by atoms with Gasteiger partial charge in [0.2, 0.25) is 0 Å². The molecule has 1 aromatic rings. The molecule has 0 aromatic heterocycles. The van der Waals surface area contributed by atoms with Crippen molar-refractivity contribution < 1.29 is 19.6 Å². The molecular formula is C13H16N2O5. The average Bonchev–Trinajstić information content (AvgIpc) is 2.38. The summed E-state index contributed by atoms with van der Waals surface area (Å²) in [4.78, 5) is 23.5. The zero-order valence-corrected chi connectivity index (χ0v) is 11.1. The zero-order chi connectivity index (χ0) is 14.7. The van der Waals surface area contributed by atoms with Gasteiger partial charge in [0.1, 0.15) is 5.69 Å². The summed E-state index contributed by atoms with van der Waals surface area (Å²) in [5, 5.41) is 20.1. The van der Waals surface area contributed by atoms with Gasteiger partial charge in [0, 0.05) is 12.6 Å². The first-order valence-corrected chi connectivity index (χ1v) is 6.31. The maximum atomic E-state index is 11.2. The SMILES string of the molecule is Cc1cccc([N+](=O)[O-])c1N1CCOCC1CC(=O)O. The first-order valence-electron chi connectivity index (χ1n) is 6.31. The number of nitro benzene ring substituents is 1. The third kappa shape index (κ3) is 2.88. The lowest BCUT2D eigenvalue weighted by Crippen LogP contribution is -2.47. The van der Waals surface area contributed by atoms with Crippen LogP contribution in [-0.4, -0.2) is 41.8 Å². The van der Waals surface area contributed by atoms with Crippen LogP contribution >= 0.6 is 0 Å². The number of nitro groups is 1. The van der Waals surface area contributed by atoms with Gasteiger partial charge in [0.15, 0.2) is 0 Å². The predicted octanol–water partition coefficient (Wildman–Crippen LogP) is 1.58. The summed E-state index contributed by atoms with van der Waals surface area (Å²) in [6, 6.07) is 4.47. The Morgan fingerprint density at radius 3 is 3.00 bits per heavy atom. The lowest BCUT2D eigenvalue weighted by atomic mass is 10.1. The van der Waals surface area contributed by atoms with Crippen molar-refractivity contribution >= 4 is 17.3 Å². The van der Waals surface area contributed by atoms with Gasteiger partial charge in [-0.15, -0.1) is 0 Å². The fourth-order valence-electron chi connectivity index (χ4n) is 2.48. The summed E-state index contributed by atoms with van der Waals surface area (Å²) in [5.74, 6) is -0.943. The highest BCUT2D eigenvalue weighted by Crippen LogP contribution is 2.34. The van der Waals surface area contributed by atoms with Gasteiger partial charge in [0.05, 0.1) is 30.6 Å². The Kier molecular flexibility index (Phi) is 4.19. The van der Waals surface area contributed by atoms with E-state index >= 15 is 0 Å². The Bertz CT molecular complexity index is 531. The first-order chi connectivity index (χ1) is 9.50. The van der Waals surface area contributed by atoms with Gasteiger partial charge >= 0.3 is 5.97 Å². The van der Waals surface area contributed by atoms with Crippen molar-refractivity contribution in [3.05, 3.63) is 33.9 Å². The molecule has 0 saturated carbocycles. The van der Waals surface area contributed by atoms with E-state index in [-0.39, 0.29) is 24.8 Å². The second kappa shape index (κ2) is 5.87. The summed E-state index contributed by atoms with van der Waals surface area (Å²) in [7, 11) is 0. The van der Waals surface area contributed by atoms with Crippen molar-refractivity contribution in [2.24, 2.45) is 0 Å². The smallest absolute Gasteiger partial charge is 0.305 e. The second-order valence-corrected chi connectivity index (χ2v) is 4.72. The number of rotatable bonds is 4. The Balaban J connectivity index is 2.41. The van der Waals surface area contributed by atoms with Gasteiger partial charge in [0.25, 0.3) is 5.69 Å². The Labute approximate surface area is 115 Å². The standard InChI is InChI=1S/C13H16N2O5/c1-9-3-2-4-11(15(18)19)13(9)14-5-6-20-8-10(14)7-12(16)17/h2-4,10H,5-8H2,1H3,(H,16,17). The van der Waals surface area contributed by atoms with Gasteiger partial charge in [-0.1, -0.05) is 12.1 Å². The van der Waals surface area contributed by atoms with E-state index in [4.69, 9.17) is 9.84 Å². The lowest BCUT2D eigenvalue weighted by Gasteiger charge is -2.37. The molecule has 1 fully saturated rings. The Hall–Kier alpha value is -2.15. The third-order valence-electron chi connectivity index (χ3n) is 3.34. The van der Waals surface area contributed by atoms with Crippen LogP contribution in [-0.2, 0) is 9.53 Å². The highest BCUT2D eigenvalue weighted by molar-refractivity contribution is 5.72. The van der Waals surface area contributed by atoms with Crippen molar-refractivity contribution in [1.29, 1.82) is 0 Å². The molecule has 1 N–H and O–H groups in total. The van der Waals surface area contributed by atoms with Gasteiger partial charge < -0.3 is 14.7 Å². The van der Waals surface area contributed by atoms with Crippen LogP contribution < -0.4 is 4.90 Å². The van der Waals surface area contributed by atoms with Crippen LogP contribution in [0.4, 0.5) is 11.4 Å². The Morgan fingerprint density at radius 1 is 1.60 bits per heavy atom. The fraction of sp³-hybridized carbons (Fsp3) is 0.462. The normalized spacial score (nSPS) is 18.9. The molecule has 2 rings (SSSR count). The van der Waals surface area contributed by atoms with E-state index in [0.29, 0.717) is 18.8 Å². The predicted molar refractivity (Wildman–Crippen MR) is 72.0 cm³/mol. The number of hydrogen-bond donors (Lipinski definition) is 1. The molecule has 0 aliphatic carbocycles. The number of morpholine rings is 1. The van der Waals surface area contributed by atoms with Crippen LogP contribution in [0.25, 0.3) is 0 Å². The topological polar surface area (TPSA) is 92.9 Å². The van der Waals surface area contributed by atoms with Gasteiger partial charge in [-0.3, -0.25) is 14.9 Å². The fourth-order valence-corrected chi connectivity index (χ4v) is 2.48. The molecule has 1 heterocycles. The van der Waals surface area contributed by atoms with Crippen molar-refractivity contribution in [3.8, 4) is 0 Å². The van der Waals surface area contributed by atoms with E-state index in [9.17, 15) is 14.9 Å². The number of aliphatic carboxylic acids is 1. The maximum Gasteiger partial charge on any atom is 0.305 e. The van der Waals surface area contributed by atoms with Crippen molar-refractivity contribution in [2.45, 2.75) is 19.4 Å². The van der Waals surface area contributed by atoms with E-state index < -0.39 is 10.9 Å². The van der Waals surface area contributed by atoms with Crippen LogP contribution in [0.5, 0.6) is 0 Å². The molecule has 1 atom stereocenters. The maximum absolute atomic E-state index is 11.2. The zero-order valence-electron chi connectivity index (χ0n) is 11.1. The number of hydrogen-bond acceptors (Lipinski definition) is 5. The Morgan fingerprint density at radius 2 is 2.35 bits per heavy atom. The minimum atomic E-state index is -0.943. The number of ether oxygens (including phenoxy) is 1. The molecule has 20 heavy (non-hydrogen) atoms. The molecule has 0 radical (unpaired) electrons. The third-order valence-corrected chi connectivity index (χ3v) is 3.34. The van der Waals surface area contributed by atoms with E-state index in [0.717, 1.165) is 5.56 Å². The number of anilines is 1. The summed E-state index contributed by atoms with van der Waals surface area (Å²) in [5.41, 5.74) is 1.26. The van der Waals surface area contributed by atoms with E-state index in [1.54, 1.807) is 24.0 Å².